The number of rotatable bonds is 5. The van der Waals surface area contributed by atoms with Crippen LogP contribution in [0.4, 0.5) is 0 Å². The summed E-state index contributed by atoms with van der Waals surface area (Å²) in [7, 11) is 0. The molecule has 3 rings (SSSR count). The van der Waals surface area contributed by atoms with Gasteiger partial charge in [0.2, 0.25) is 0 Å². The van der Waals surface area contributed by atoms with Crippen molar-refractivity contribution in [1.29, 1.82) is 0 Å². The summed E-state index contributed by atoms with van der Waals surface area (Å²) in [5.74, 6) is 1.96. The van der Waals surface area contributed by atoms with Crippen LogP contribution in [-0.2, 0) is 4.74 Å². The van der Waals surface area contributed by atoms with Crippen molar-refractivity contribution in [2.24, 2.45) is 0 Å². The van der Waals surface area contributed by atoms with Crippen LogP contribution in [0.5, 0.6) is 11.5 Å². The van der Waals surface area contributed by atoms with Gasteiger partial charge in [0.1, 0.15) is 11.5 Å². The second-order valence-corrected chi connectivity index (χ2v) is 5.19. The Morgan fingerprint density at radius 1 is 1.00 bits per heavy atom. The van der Waals surface area contributed by atoms with E-state index >= 15 is 0 Å². The van der Waals surface area contributed by atoms with Crippen LogP contribution < -0.4 is 4.74 Å². The zero-order valence-electron chi connectivity index (χ0n) is 12.0. The number of carbonyl (C=O) groups is 1. The van der Waals surface area contributed by atoms with E-state index in [2.05, 4.69) is 12.1 Å². The van der Waals surface area contributed by atoms with Crippen LogP contribution >= 0.6 is 0 Å². The standard InChI is InChI=1S/C18H18O3/c1-2-20-18(19)15-7-11-17(12-8-15)21-16-9-5-14(6-10-16)13-3-4-13/h5-13H,2-4H2,1H3. The highest BCUT2D eigenvalue weighted by Gasteiger charge is 2.22. The van der Waals surface area contributed by atoms with Crippen molar-refractivity contribution in [3.8, 4) is 11.5 Å². The van der Waals surface area contributed by atoms with Crippen molar-refractivity contribution in [2.45, 2.75) is 25.7 Å². The smallest absolute Gasteiger partial charge is 0.338 e. The number of hydrogen-bond donors (Lipinski definition) is 0. The summed E-state index contributed by atoms with van der Waals surface area (Å²) >= 11 is 0. The largest absolute Gasteiger partial charge is 0.462 e. The molecule has 2 aromatic rings. The van der Waals surface area contributed by atoms with Crippen molar-refractivity contribution in [3.05, 3.63) is 59.7 Å². The van der Waals surface area contributed by atoms with Crippen LogP contribution in [0.1, 0.15) is 41.6 Å². The maximum Gasteiger partial charge on any atom is 0.338 e. The van der Waals surface area contributed by atoms with Crippen LogP contribution in [0.15, 0.2) is 48.5 Å². The molecule has 0 unspecified atom stereocenters. The molecule has 2 aromatic carbocycles. The quantitative estimate of drug-likeness (QED) is 0.756. The van der Waals surface area contributed by atoms with Gasteiger partial charge < -0.3 is 9.47 Å². The van der Waals surface area contributed by atoms with Gasteiger partial charge in [-0.15, -0.1) is 0 Å². The molecule has 21 heavy (non-hydrogen) atoms. The predicted octanol–water partition coefficient (Wildman–Crippen LogP) is 4.53. The Hall–Kier alpha value is -2.29. The third-order valence-electron chi connectivity index (χ3n) is 3.53. The van der Waals surface area contributed by atoms with Crippen LogP contribution in [0.2, 0.25) is 0 Å². The predicted molar refractivity (Wildman–Crippen MR) is 80.9 cm³/mol. The summed E-state index contributed by atoms with van der Waals surface area (Å²) in [5, 5.41) is 0. The van der Waals surface area contributed by atoms with Crippen molar-refractivity contribution in [2.75, 3.05) is 6.61 Å². The molecule has 3 nitrogen and oxygen atoms in total. The molecule has 0 bridgehead atoms. The number of hydrogen-bond acceptors (Lipinski definition) is 3. The molecular formula is C18H18O3. The fourth-order valence-corrected chi connectivity index (χ4v) is 2.23. The molecule has 0 atom stereocenters. The molecule has 0 aliphatic heterocycles. The van der Waals surface area contributed by atoms with Crippen LogP contribution in [0.25, 0.3) is 0 Å². The van der Waals surface area contributed by atoms with Gasteiger partial charge in [-0.2, -0.15) is 0 Å². The first-order chi connectivity index (χ1) is 10.3. The Bertz CT molecular complexity index is 610. The fraction of sp³-hybridized carbons (Fsp3) is 0.278. The third kappa shape index (κ3) is 3.43. The van der Waals surface area contributed by atoms with E-state index in [1.807, 2.05) is 12.1 Å². The first kappa shape index (κ1) is 13.7. The van der Waals surface area contributed by atoms with Gasteiger partial charge in [0, 0.05) is 0 Å². The zero-order valence-corrected chi connectivity index (χ0v) is 12.0. The Balaban J connectivity index is 1.65. The number of benzene rings is 2. The molecule has 108 valence electrons. The second kappa shape index (κ2) is 6.00. The number of carbonyl (C=O) groups excluding carboxylic acids is 1. The van der Waals surface area contributed by atoms with Gasteiger partial charge in [-0.25, -0.2) is 4.79 Å². The summed E-state index contributed by atoms with van der Waals surface area (Å²) in [4.78, 5) is 11.6. The number of esters is 1. The summed E-state index contributed by atoms with van der Waals surface area (Å²) in [6.45, 7) is 2.17. The van der Waals surface area contributed by atoms with E-state index in [-0.39, 0.29) is 5.97 Å². The van der Waals surface area contributed by atoms with Gasteiger partial charge in [0.05, 0.1) is 12.2 Å². The fourth-order valence-electron chi connectivity index (χ4n) is 2.23. The van der Waals surface area contributed by atoms with Gasteiger partial charge in [-0.1, -0.05) is 12.1 Å². The molecule has 0 amide bonds. The molecule has 0 saturated heterocycles. The van der Waals surface area contributed by atoms with Gasteiger partial charge >= 0.3 is 5.97 Å². The van der Waals surface area contributed by atoms with E-state index < -0.39 is 0 Å². The Labute approximate surface area is 124 Å². The molecule has 1 fully saturated rings. The summed E-state index contributed by atoms with van der Waals surface area (Å²) in [5.41, 5.74) is 1.92. The average Bonchev–Trinajstić information content (AvgIpc) is 3.34. The first-order valence-electron chi connectivity index (χ1n) is 7.31. The molecule has 1 aliphatic carbocycles. The topological polar surface area (TPSA) is 35.5 Å². The maximum absolute atomic E-state index is 11.6. The lowest BCUT2D eigenvalue weighted by molar-refractivity contribution is 0.0526. The lowest BCUT2D eigenvalue weighted by Crippen LogP contribution is -2.03. The molecule has 3 heteroatoms. The minimum absolute atomic E-state index is 0.308. The lowest BCUT2D eigenvalue weighted by atomic mass is 10.1. The SMILES string of the molecule is CCOC(=O)c1ccc(Oc2ccc(C3CC3)cc2)cc1. The Morgan fingerprint density at radius 3 is 2.10 bits per heavy atom. The van der Waals surface area contributed by atoms with Crippen LogP contribution in [0, 0.1) is 0 Å². The van der Waals surface area contributed by atoms with E-state index in [1.165, 1.54) is 18.4 Å². The summed E-state index contributed by atoms with van der Waals surface area (Å²) in [6.07, 6.45) is 2.60. The highest BCUT2D eigenvalue weighted by Crippen LogP contribution is 2.40. The maximum atomic E-state index is 11.6. The lowest BCUT2D eigenvalue weighted by Gasteiger charge is -2.07. The van der Waals surface area contributed by atoms with Gasteiger partial charge in [-0.3, -0.25) is 0 Å². The summed E-state index contributed by atoms with van der Waals surface area (Å²) in [6, 6.07) is 15.2. The van der Waals surface area contributed by atoms with E-state index in [4.69, 9.17) is 9.47 Å². The van der Waals surface area contributed by atoms with Gasteiger partial charge in [-0.05, 0) is 67.6 Å². The van der Waals surface area contributed by atoms with Crippen LogP contribution in [-0.4, -0.2) is 12.6 Å². The Kier molecular flexibility index (Phi) is 3.91. The molecule has 0 heterocycles. The average molecular weight is 282 g/mol. The molecule has 0 N–H and O–H groups in total. The normalized spacial score (nSPS) is 13.8. The Morgan fingerprint density at radius 2 is 1.57 bits per heavy atom. The first-order valence-corrected chi connectivity index (χ1v) is 7.31. The van der Waals surface area contributed by atoms with E-state index in [0.29, 0.717) is 17.9 Å². The van der Waals surface area contributed by atoms with Crippen molar-refractivity contribution in [1.82, 2.24) is 0 Å². The van der Waals surface area contributed by atoms with Gasteiger partial charge in [0.25, 0.3) is 0 Å². The van der Waals surface area contributed by atoms with Crippen LogP contribution in [0.3, 0.4) is 0 Å². The second-order valence-electron chi connectivity index (χ2n) is 5.19. The number of ether oxygens (including phenoxy) is 2. The minimum Gasteiger partial charge on any atom is -0.462 e. The van der Waals surface area contributed by atoms with E-state index in [0.717, 1.165) is 11.7 Å². The van der Waals surface area contributed by atoms with Crippen molar-refractivity contribution in [3.63, 3.8) is 0 Å². The molecule has 0 aromatic heterocycles. The highest BCUT2D eigenvalue weighted by atomic mass is 16.5. The van der Waals surface area contributed by atoms with Crippen molar-refractivity contribution >= 4 is 5.97 Å². The van der Waals surface area contributed by atoms with E-state index in [1.54, 1.807) is 31.2 Å². The third-order valence-corrected chi connectivity index (χ3v) is 3.53. The van der Waals surface area contributed by atoms with Crippen molar-refractivity contribution < 1.29 is 14.3 Å². The highest BCUT2D eigenvalue weighted by molar-refractivity contribution is 5.89. The summed E-state index contributed by atoms with van der Waals surface area (Å²) < 4.78 is 10.7. The molecule has 1 aliphatic rings. The zero-order chi connectivity index (χ0) is 14.7. The molecular weight excluding hydrogens is 264 g/mol. The monoisotopic (exact) mass is 282 g/mol. The van der Waals surface area contributed by atoms with Gasteiger partial charge in [0.15, 0.2) is 0 Å². The minimum atomic E-state index is -0.308. The molecule has 1 saturated carbocycles. The molecule has 0 spiro atoms. The van der Waals surface area contributed by atoms with E-state index in [9.17, 15) is 4.79 Å². The molecule has 0 radical (unpaired) electrons.